The molecular weight excluding hydrogens is 408 g/mol. The predicted molar refractivity (Wildman–Crippen MR) is 121 cm³/mol. The molecule has 8 nitrogen and oxygen atoms in total. The second-order valence-electron chi connectivity index (χ2n) is 7.27. The van der Waals surface area contributed by atoms with Gasteiger partial charge in [-0.15, -0.1) is 0 Å². The third kappa shape index (κ3) is 4.29. The van der Waals surface area contributed by atoms with Crippen LogP contribution in [0.4, 0.5) is 5.69 Å². The molecule has 1 N–H and O–H groups in total. The minimum Gasteiger partial charge on any atom is -0.462 e. The van der Waals surface area contributed by atoms with Gasteiger partial charge in [0.15, 0.2) is 0 Å². The van der Waals surface area contributed by atoms with Crippen LogP contribution in [-0.4, -0.2) is 32.7 Å². The lowest BCUT2D eigenvalue weighted by Crippen LogP contribution is -2.28. The van der Waals surface area contributed by atoms with Gasteiger partial charge in [0.1, 0.15) is 12.1 Å². The predicted octanol–water partition coefficient (Wildman–Crippen LogP) is 3.29. The number of ether oxygens (including phenoxy) is 1. The number of esters is 1. The van der Waals surface area contributed by atoms with Gasteiger partial charge in [-0.05, 0) is 32.0 Å². The van der Waals surface area contributed by atoms with Gasteiger partial charge < -0.3 is 14.6 Å². The average molecular weight is 430 g/mol. The summed E-state index contributed by atoms with van der Waals surface area (Å²) in [6.45, 7) is 3.73. The lowest BCUT2D eigenvalue weighted by molar-refractivity contribution is -0.116. The van der Waals surface area contributed by atoms with Crippen LogP contribution in [0.3, 0.4) is 0 Å². The average Bonchev–Trinajstić information content (AvgIpc) is 3.22. The molecule has 0 spiro atoms. The van der Waals surface area contributed by atoms with Crippen molar-refractivity contribution in [3.63, 3.8) is 0 Å². The van der Waals surface area contributed by atoms with Crippen molar-refractivity contribution in [2.24, 2.45) is 0 Å². The van der Waals surface area contributed by atoms with Crippen LogP contribution in [0.5, 0.6) is 0 Å². The van der Waals surface area contributed by atoms with Crippen LogP contribution < -0.4 is 10.9 Å². The fraction of sp³-hybridized carbons (Fsp3) is 0.167. The van der Waals surface area contributed by atoms with Crippen molar-refractivity contribution in [2.45, 2.75) is 20.4 Å². The summed E-state index contributed by atoms with van der Waals surface area (Å²) < 4.78 is 7.83. The molecule has 4 aromatic rings. The number of aromatic nitrogens is 3. The van der Waals surface area contributed by atoms with Crippen molar-refractivity contribution in [2.75, 3.05) is 11.9 Å². The van der Waals surface area contributed by atoms with E-state index in [1.54, 1.807) is 43.5 Å². The Bertz CT molecular complexity index is 1350. The molecule has 4 rings (SSSR count). The Hall–Kier alpha value is -4.20. The van der Waals surface area contributed by atoms with Gasteiger partial charge in [-0.3, -0.25) is 9.59 Å². The van der Waals surface area contributed by atoms with Crippen LogP contribution in [0.15, 0.2) is 71.8 Å². The van der Waals surface area contributed by atoms with E-state index in [0.29, 0.717) is 16.9 Å². The van der Waals surface area contributed by atoms with Crippen molar-refractivity contribution in [3.05, 3.63) is 88.5 Å². The number of amides is 1. The summed E-state index contributed by atoms with van der Waals surface area (Å²) in [5.74, 6) is -0.962. The molecule has 0 atom stereocenters. The standard InChI is InChI=1S/C24H22N4O4/c1-3-32-24(31)18-6-4-5-7-19(18)25-22(29)15-27-12-13-28-21(23(27)30)14-20(26-28)17-10-8-16(2)9-11-17/h4-14H,3,15H2,1-2H3,(H,25,29). The minimum absolute atomic E-state index is 0.211. The zero-order valence-corrected chi connectivity index (χ0v) is 17.7. The van der Waals surface area contributed by atoms with Gasteiger partial charge >= 0.3 is 5.97 Å². The second-order valence-corrected chi connectivity index (χ2v) is 7.27. The zero-order chi connectivity index (χ0) is 22.7. The number of fused-ring (bicyclic) bond motifs is 1. The zero-order valence-electron chi connectivity index (χ0n) is 17.7. The van der Waals surface area contributed by atoms with Crippen LogP contribution in [-0.2, 0) is 16.1 Å². The number of carbonyl (C=O) groups is 2. The molecule has 0 aliphatic heterocycles. The number of para-hydroxylation sites is 1. The van der Waals surface area contributed by atoms with E-state index in [2.05, 4.69) is 10.4 Å². The normalized spacial score (nSPS) is 10.8. The maximum atomic E-state index is 12.9. The SMILES string of the molecule is CCOC(=O)c1ccccc1NC(=O)Cn1ccn2nc(-c3ccc(C)cc3)cc2c1=O. The first-order chi connectivity index (χ1) is 15.5. The van der Waals surface area contributed by atoms with Gasteiger partial charge in [-0.1, -0.05) is 42.0 Å². The highest BCUT2D eigenvalue weighted by atomic mass is 16.5. The van der Waals surface area contributed by atoms with Crippen LogP contribution in [0.25, 0.3) is 16.8 Å². The van der Waals surface area contributed by atoms with Gasteiger partial charge in [0, 0.05) is 18.0 Å². The number of hydrogen-bond donors (Lipinski definition) is 1. The van der Waals surface area contributed by atoms with Crippen LogP contribution in [0, 0.1) is 6.92 Å². The molecule has 0 saturated heterocycles. The van der Waals surface area contributed by atoms with E-state index in [4.69, 9.17) is 4.74 Å². The van der Waals surface area contributed by atoms with E-state index in [9.17, 15) is 14.4 Å². The number of aryl methyl sites for hydroxylation is 1. The number of rotatable bonds is 6. The summed E-state index contributed by atoms with van der Waals surface area (Å²) in [4.78, 5) is 37.6. The van der Waals surface area contributed by atoms with Gasteiger partial charge in [0.25, 0.3) is 5.56 Å². The number of carbonyl (C=O) groups excluding carboxylic acids is 2. The third-order valence-electron chi connectivity index (χ3n) is 4.96. The van der Waals surface area contributed by atoms with Crippen LogP contribution >= 0.6 is 0 Å². The van der Waals surface area contributed by atoms with E-state index in [1.165, 1.54) is 15.3 Å². The topological polar surface area (TPSA) is 94.7 Å². The molecule has 0 aliphatic rings. The molecule has 0 bridgehead atoms. The molecular formula is C24H22N4O4. The van der Waals surface area contributed by atoms with Crippen molar-refractivity contribution in [1.29, 1.82) is 0 Å². The van der Waals surface area contributed by atoms with Crippen molar-refractivity contribution in [3.8, 4) is 11.3 Å². The fourth-order valence-corrected chi connectivity index (χ4v) is 3.34. The van der Waals surface area contributed by atoms with Gasteiger partial charge in [-0.25, -0.2) is 9.31 Å². The Morgan fingerprint density at radius 3 is 2.56 bits per heavy atom. The summed E-state index contributed by atoms with van der Waals surface area (Å²) in [5, 5.41) is 7.15. The summed E-state index contributed by atoms with van der Waals surface area (Å²) in [5.41, 5.74) is 3.32. The summed E-state index contributed by atoms with van der Waals surface area (Å²) in [6.07, 6.45) is 3.15. The first kappa shape index (κ1) is 21.0. The Morgan fingerprint density at radius 1 is 1.06 bits per heavy atom. The van der Waals surface area contributed by atoms with Crippen molar-refractivity contribution < 1.29 is 14.3 Å². The fourth-order valence-electron chi connectivity index (χ4n) is 3.34. The number of benzene rings is 2. The van der Waals surface area contributed by atoms with Gasteiger partial charge in [0.05, 0.1) is 23.6 Å². The Kier molecular flexibility index (Phi) is 5.85. The number of anilines is 1. The molecule has 2 aromatic carbocycles. The molecule has 2 heterocycles. The smallest absolute Gasteiger partial charge is 0.340 e. The molecule has 2 aromatic heterocycles. The first-order valence-corrected chi connectivity index (χ1v) is 10.2. The number of nitrogens with one attached hydrogen (secondary N) is 1. The summed E-state index contributed by atoms with van der Waals surface area (Å²) in [7, 11) is 0. The maximum absolute atomic E-state index is 12.9. The molecule has 32 heavy (non-hydrogen) atoms. The Balaban J connectivity index is 1.57. The lowest BCUT2D eigenvalue weighted by atomic mass is 10.1. The largest absolute Gasteiger partial charge is 0.462 e. The van der Waals surface area contributed by atoms with Crippen LogP contribution in [0.1, 0.15) is 22.8 Å². The summed E-state index contributed by atoms with van der Waals surface area (Å²) >= 11 is 0. The van der Waals surface area contributed by atoms with Crippen molar-refractivity contribution >= 4 is 23.1 Å². The first-order valence-electron chi connectivity index (χ1n) is 10.2. The maximum Gasteiger partial charge on any atom is 0.340 e. The molecule has 162 valence electrons. The number of hydrogen-bond acceptors (Lipinski definition) is 5. The van der Waals surface area contributed by atoms with E-state index in [-0.39, 0.29) is 24.3 Å². The molecule has 0 aliphatic carbocycles. The molecule has 8 heteroatoms. The Morgan fingerprint density at radius 2 is 1.81 bits per heavy atom. The number of nitrogens with zero attached hydrogens (tertiary/aromatic N) is 3. The van der Waals surface area contributed by atoms with E-state index in [1.807, 2.05) is 31.2 Å². The minimum atomic E-state index is -0.523. The molecule has 0 radical (unpaired) electrons. The molecule has 0 saturated carbocycles. The monoisotopic (exact) mass is 430 g/mol. The highest BCUT2D eigenvalue weighted by molar-refractivity contribution is 6.01. The van der Waals surface area contributed by atoms with E-state index >= 15 is 0 Å². The van der Waals surface area contributed by atoms with Gasteiger partial charge in [0.2, 0.25) is 5.91 Å². The van der Waals surface area contributed by atoms with Gasteiger partial charge in [-0.2, -0.15) is 5.10 Å². The third-order valence-corrected chi connectivity index (χ3v) is 4.96. The summed E-state index contributed by atoms with van der Waals surface area (Å²) in [6, 6.07) is 16.1. The molecule has 0 fully saturated rings. The lowest BCUT2D eigenvalue weighted by Gasteiger charge is -2.11. The Labute approximate surface area is 184 Å². The van der Waals surface area contributed by atoms with Crippen molar-refractivity contribution in [1.82, 2.24) is 14.2 Å². The van der Waals surface area contributed by atoms with Crippen LogP contribution in [0.2, 0.25) is 0 Å². The highest BCUT2D eigenvalue weighted by Crippen LogP contribution is 2.19. The molecule has 1 amide bonds. The second kappa shape index (κ2) is 8.89. The van der Waals surface area contributed by atoms with E-state index < -0.39 is 11.9 Å². The highest BCUT2D eigenvalue weighted by Gasteiger charge is 2.15. The van der Waals surface area contributed by atoms with E-state index in [0.717, 1.165) is 11.1 Å². The quantitative estimate of drug-likeness (QED) is 0.474. The molecule has 0 unspecified atom stereocenters.